The Hall–Kier alpha value is -2.11. The van der Waals surface area contributed by atoms with Crippen LogP contribution in [0.4, 0.5) is 5.82 Å². The first-order chi connectivity index (χ1) is 8.90. The second kappa shape index (κ2) is 6.58. The van der Waals surface area contributed by atoms with Crippen molar-refractivity contribution in [3.05, 3.63) is 30.7 Å². The van der Waals surface area contributed by atoms with E-state index in [0.717, 1.165) is 31.1 Å². The summed E-state index contributed by atoms with van der Waals surface area (Å²) in [5.41, 5.74) is 0. The monoisotopic (exact) mass is 247 g/mol. The Morgan fingerprint density at radius 2 is 2.33 bits per heavy atom. The van der Waals surface area contributed by atoms with Gasteiger partial charge in [0.15, 0.2) is 11.6 Å². The van der Waals surface area contributed by atoms with E-state index >= 15 is 0 Å². The van der Waals surface area contributed by atoms with Crippen molar-refractivity contribution in [3.8, 4) is 5.75 Å². The predicted octanol–water partition coefficient (Wildman–Crippen LogP) is 1.57. The summed E-state index contributed by atoms with van der Waals surface area (Å²) in [6.07, 6.45) is 6.24. The van der Waals surface area contributed by atoms with Crippen LogP contribution in [0, 0.1) is 0 Å². The molecule has 0 aliphatic carbocycles. The summed E-state index contributed by atoms with van der Waals surface area (Å²) in [5.74, 6) is 1.58. The standard InChI is InChI=1S/C12H17N5O/c1-2-18-11-5-3-6-13-12(11)14-7-4-9-17-10-8-15-16-17/h3,5-6,8,10H,2,4,7,9H2,1H3,(H,13,14). The molecule has 2 aromatic rings. The van der Waals surface area contributed by atoms with Gasteiger partial charge in [-0.1, -0.05) is 5.21 Å². The van der Waals surface area contributed by atoms with Crippen molar-refractivity contribution in [2.75, 3.05) is 18.5 Å². The molecule has 0 radical (unpaired) electrons. The number of nitrogens with one attached hydrogen (secondary N) is 1. The van der Waals surface area contributed by atoms with Crippen molar-refractivity contribution < 1.29 is 4.74 Å². The fraction of sp³-hybridized carbons (Fsp3) is 0.417. The molecule has 18 heavy (non-hydrogen) atoms. The predicted molar refractivity (Wildman–Crippen MR) is 68.5 cm³/mol. The molecule has 0 amide bonds. The minimum absolute atomic E-state index is 0.638. The molecule has 1 N–H and O–H groups in total. The number of pyridine rings is 1. The first kappa shape index (κ1) is 12.3. The molecule has 6 heteroatoms. The Morgan fingerprint density at radius 3 is 3.11 bits per heavy atom. The summed E-state index contributed by atoms with van der Waals surface area (Å²) in [6, 6.07) is 3.78. The number of hydrogen-bond donors (Lipinski definition) is 1. The quantitative estimate of drug-likeness (QED) is 0.752. The van der Waals surface area contributed by atoms with Crippen LogP contribution in [0.3, 0.4) is 0 Å². The zero-order chi connectivity index (χ0) is 12.6. The second-order valence-electron chi connectivity index (χ2n) is 3.73. The SMILES string of the molecule is CCOc1cccnc1NCCCn1ccnn1. The Balaban J connectivity index is 1.79. The van der Waals surface area contributed by atoms with Gasteiger partial charge in [-0.25, -0.2) is 4.98 Å². The number of aromatic nitrogens is 4. The molecule has 0 bridgehead atoms. The molecule has 0 aliphatic rings. The minimum atomic E-state index is 0.638. The molecule has 0 fully saturated rings. The lowest BCUT2D eigenvalue weighted by molar-refractivity contribution is 0.340. The molecular weight excluding hydrogens is 230 g/mol. The van der Waals surface area contributed by atoms with Crippen LogP contribution in [-0.4, -0.2) is 33.1 Å². The first-order valence-electron chi connectivity index (χ1n) is 6.06. The number of rotatable bonds is 7. The lowest BCUT2D eigenvalue weighted by Crippen LogP contribution is -2.09. The van der Waals surface area contributed by atoms with Crippen LogP contribution in [0.25, 0.3) is 0 Å². The van der Waals surface area contributed by atoms with E-state index in [1.807, 2.05) is 29.9 Å². The van der Waals surface area contributed by atoms with Crippen LogP contribution in [0.5, 0.6) is 5.75 Å². The summed E-state index contributed by atoms with van der Waals surface area (Å²) < 4.78 is 7.30. The summed E-state index contributed by atoms with van der Waals surface area (Å²) >= 11 is 0. The topological polar surface area (TPSA) is 64.9 Å². The van der Waals surface area contributed by atoms with Gasteiger partial charge in [0.1, 0.15) is 0 Å². The van der Waals surface area contributed by atoms with Crippen LogP contribution in [0.1, 0.15) is 13.3 Å². The van der Waals surface area contributed by atoms with E-state index < -0.39 is 0 Å². The number of nitrogens with zero attached hydrogens (tertiary/aromatic N) is 4. The van der Waals surface area contributed by atoms with E-state index in [1.54, 1.807) is 12.4 Å². The maximum Gasteiger partial charge on any atom is 0.168 e. The van der Waals surface area contributed by atoms with Crippen molar-refractivity contribution in [1.82, 2.24) is 20.0 Å². The van der Waals surface area contributed by atoms with Crippen LogP contribution in [0.2, 0.25) is 0 Å². The molecule has 0 aromatic carbocycles. The molecule has 2 rings (SSSR count). The van der Waals surface area contributed by atoms with Crippen molar-refractivity contribution in [2.45, 2.75) is 19.9 Å². The molecule has 0 unspecified atom stereocenters. The normalized spacial score (nSPS) is 10.3. The van der Waals surface area contributed by atoms with Crippen LogP contribution < -0.4 is 10.1 Å². The van der Waals surface area contributed by atoms with E-state index in [0.29, 0.717) is 6.61 Å². The van der Waals surface area contributed by atoms with Crippen LogP contribution in [0.15, 0.2) is 30.7 Å². The van der Waals surface area contributed by atoms with E-state index in [1.165, 1.54) is 0 Å². The van der Waals surface area contributed by atoms with E-state index in [-0.39, 0.29) is 0 Å². The van der Waals surface area contributed by atoms with Gasteiger partial charge in [-0.05, 0) is 25.5 Å². The van der Waals surface area contributed by atoms with Gasteiger partial charge in [-0.2, -0.15) is 0 Å². The van der Waals surface area contributed by atoms with Gasteiger partial charge in [0.2, 0.25) is 0 Å². The van der Waals surface area contributed by atoms with Crippen LogP contribution in [-0.2, 0) is 6.54 Å². The molecule has 0 atom stereocenters. The molecule has 0 saturated heterocycles. The van der Waals surface area contributed by atoms with Crippen molar-refractivity contribution in [2.24, 2.45) is 0 Å². The summed E-state index contributed by atoms with van der Waals surface area (Å²) in [4.78, 5) is 4.26. The first-order valence-corrected chi connectivity index (χ1v) is 6.06. The highest BCUT2D eigenvalue weighted by molar-refractivity contribution is 5.49. The molecule has 96 valence electrons. The third-order valence-electron chi connectivity index (χ3n) is 2.40. The van der Waals surface area contributed by atoms with Crippen molar-refractivity contribution >= 4 is 5.82 Å². The fourth-order valence-corrected chi connectivity index (χ4v) is 1.60. The molecule has 0 spiro atoms. The van der Waals surface area contributed by atoms with Gasteiger partial charge in [0, 0.05) is 25.5 Å². The smallest absolute Gasteiger partial charge is 0.168 e. The van der Waals surface area contributed by atoms with Gasteiger partial charge in [-0.15, -0.1) is 5.10 Å². The second-order valence-corrected chi connectivity index (χ2v) is 3.73. The van der Waals surface area contributed by atoms with E-state index in [4.69, 9.17) is 4.74 Å². The Kier molecular flexibility index (Phi) is 4.52. The van der Waals surface area contributed by atoms with Gasteiger partial charge >= 0.3 is 0 Å². The molecule has 6 nitrogen and oxygen atoms in total. The molecule has 0 aliphatic heterocycles. The number of aryl methyl sites for hydroxylation is 1. The van der Waals surface area contributed by atoms with Crippen molar-refractivity contribution in [3.63, 3.8) is 0 Å². The largest absolute Gasteiger partial charge is 0.490 e. The van der Waals surface area contributed by atoms with E-state index in [2.05, 4.69) is 20.6 Å². The zero-order valence-corrected chi connectivity index (χ0v) is 10.4. The lowest BCUT2D eigenvalue weighted by atomic mass is 10.4. The molecular formula is C12H17N5O. The third kappa shape index (κ3) is 3.44. The van der Waals surface area contributed by atoms with Crippen molar-refractivity contribution in [1.29, 1.82) is 0 Å². The van der Waals surface area contributed by atoms with Gasteiger partial charge in [0.05, 0.1) is 12.8 Å². The van der Waals surface area contributed by atoms with Gasteiger partial charge in [-0.3, -0.25) is 4.68 Å². The summed E-state index contributed by atoms with van der Waals surface area (Å²) in [7, 11) is 0. The minimum Gasteiger partial charge on any atom is -0.490 e. The number of anilines is 1. The Morgan fingerprint density at radius 1 is 1.39 bits per heavy atom. The zero-order valence-electron chi connectivity index (χ0n) is 10.4. The number of hydrogen-bond acceptors (Lipinski definition) is 5. The average molecular weight is 247 g/mol. The summed E-state index contributed by atoms with van der Waals surface area (Å²) in [5, 5.41) is 10.9. The highest BCUT2D eigenvalue weighted by atomic mass is 16.5. The fourth-order valence-electron chi connectivity index (χ4n) is 1.60. The Bertz CT molecular complexity index is 457. The maximum absolute atomic E-state index is 5.49. The van der Waals surface area contributed by atoms with E-state index in [9.17, 15) is 0 Å². The molecule has 2 heterocycles. The Labute approximate surface area is 106 Å². The molecule has 2 aromatic heterocycles. The summed E-state index contributed by atoms with van der Waals surface area (Å²) in [6.45, 7) is 4.25. The molecule has 0 saturated carbocycles. The maximum atomic E-state index is 5.49. The average Bonchev–Trinajstić information content (AvgIpc) is 2.90. The van der Waals surface area contributed by atoms with Crippen LogP contribution >= 0.6 is 0 Å². The van der Waals surface area contributed by atoms with Gasteiger partial charge in [0.25, 0.3) is 0 Å². The van der Waals surface area contributed by atoms with Gasteiger partial charge < -0.3 is 10.1 Å². The highest BCUT2D eigenvalue weighted by Gasteiger charge is 2.02. The highest BCUT2D eigenvalue weighted by Crippen LogP contribution is 2.20. The third-order valence-corrected chi connectivity index (χ3v) is 2.40. The lowest BCUT2D eigenvalue weighted by Gasteiger charge is -2.10. The number of ether oxygens (including phenoxy) is 1.